The Balaban J connectivity index is 1.88. The highest BCUT2D eigenvalue weighted by Crippen LogP contribution is 2.35. The quantitative estimate of drug-likeness (QED) is 0.887. The van der Waals surface area contributed by atoms with Gasteiger partial charge in [0.1, 0.15) is 5.75 Å². The van der Waals surface area contributed by atoms with Crippen LogP contribution in [0.3, 0.4) is 0 Å². The lowest BCUT2D eigenvalue weighted by atomic mass is 9.98. The maximum Gasteiger partial charge on any atom is 0.122 e. The predicted octanol–water partition coefficient (Wildman–Crippen LogP) is 2.11. The summed E-state index contributed by atoms with van der Waals surface area (Å²) in [6.07, 6.45) is 3.34. The number of ether oxygens (including phenoxy) is 1. The number of rotatable bonds is 3. The summed E-state index contributed by atoms with van der Waals surface area (Å²) in [5, 5.41) is 0. The summed E-state index contributed by atoms with van der Waals surface area (Å²) >= 11 is 0. The molecule has 3 heteroatoms. The Kier molecular flexibility index (Phi) is 3.27. The predicted molar refractivity (Wildman–Crippen MR) is 72.8 cm³/mol. The van der Waals surface area contributed by atoms with E-state index in [1.807, 2.05) is 0 Å². The average Bonchev–Trinajstić information content (AvgIpc) is 2.96. The molecule has 18 heavy (non-hydrogen) atoms. The highest BCUT2D eigenvalue weighted by molar-refractivity contribution is 5.41. The number of likely N-dealkylation sites (tertiary alicyclic amines) is 1. The minimum atomic E-state index is 0.275. The second-order valence-corrected chi connectivity index (χ2v) is 5.40. The van der Waals surface area contributed by atoms with Gasteiger partial charge in [-0.05, 0) is 36.6 Å². The van der Waals surface area contributed by atoms with Gasteiger partial charge in [-0.2, -0.15) is 0 Å². The van der Waals surface area contributed by atoms with Crippen molar-refractivity contribution in [3.63, 3.8) is 0 Å². The summed E-state index contributed by atoms with van der Waals surface area (Å²) in [6.45, 7) is 5.34. The molecule has 2 aliphatic rings. The van der Waals surface area contributed by atoms with Gasteiger partial charge >= 0.3 is 0 Å². The van der Waals surface area contributed by atoms with Crippen LogP contribution in [-0.4, -0.2) is 30.6 Å². The summed E-state index contributed by atoms with van der Waals surface area (Å²) in [6, 6.07) is 7.30. The van der Waals surface area contributed by atoms with E-state index in [2.05, 4.69) is 30.0 Å². The molecule has 2 N–H and O–H groups in total. The lowest BCUT2D eigenvalue weighted by molar-refractivity contribution is 0.248. The second kappa shape index (κ2) is 4.90. The molecule has 1 aromatic rings. The molecule has 0 aromatic heterocycles. The van der Waals surface area contributed by atoms with Crippen LogP contribution in [0.1, 0.15) is 36.9 Å². The van der Waals surface area contributed by atoms with Gasteiger partial charge in [-0.3, -0.25) is 4.90 Å². The Morgan fingerprint density at radius 3 is 3.17 bits per heavy atom. The Morgan fingerprint density at radius 2 is 2.33 bits per heavy atom. The van der Waals surface area contributed by atoms with E-state index < -0.39 is 0 Å². The third kappa shape index (κ3) is 2.02. The molecule has 2 unspecified atom stereocenters. The van der Waals surface area contributed by atoms with Crippen LogP contribution < -0.4 is 10.5 Å². The molecule has 98 valence electrons. The fourth-order valence-corrected chi connectivity index (χ4v) is 3.27. The van der Waals surface area contributed by atoms with Crippen LogP contribution in [0, 0.1) is 0 Å². The number of nitrogens with zero attached hydrogens (tertiary/aromatic N) is 1. The fraction of sp³-hybridized carbons (Fsp3) is 0.600. The van der Waals surface area contributed by atoms with Gasteiger partial charge in [0, 0.05) is 25.0 Å². The molecule has 0 radical (unpaired) electrons. The smallest absolute Gasteiger partial charge is 0.122 e. The van der Waals surface area contributed by atoms with Crippen LogP contribution in [0.5, 0.6) is 5.75 Å². The molecule has 1 aromatic carbocycles. The molecule has 3 rings (SSSR count). The monoisotopic (exact) mass is 246 g/mol. The van der Waals surface area contributed by atoms with E-state index in [4.69, 9.17) is 10.5 Å². The second-order valence-electron chi connectivity index (χ2n) is 5.40. The summed E-state index contributed by atoms with van der Waals surface area (Å²) in [4.78, 5) is 2.53. The van der Waals surface area contributed by atoms with Gasteiger partial charge < -0.3 is 10.5 Å². The third-order valence-corrected chi connectivity index (χ3v) is 4.11. The van der Waals surface area contributed by atoms with E-state index in [1.54, 1.807) is 0 Å². The van der Waals surface area contributed by atoms with Crippen LogP contribution in [0.4, 0.5) is 0 Å². The van der Waals surface area contributed by atoms with Crippen LogP contribution in [-0.2, 0) is 6.42 Å². The minimum Gasteiger partial charge on any atom is -0.493 e. The van der Waals surface area contributed by atoms with E-state index in [1.165, 1.54) is 17.5 Å². The van der Waals surface area contributed by atoms with Gasteiger partial charge in [0.2, 0.25) is 0 Å². The summed E-state index contributed by atoms with van der Waals surface area (Å²) < 4.78 is 5.57. The van der Waals surface area contributed by atoms with E-state index in [-0.39, 0.29) is 6.04 Å². The number of nitrogens with two attached hydrogens (primary N) is 1. The van der Waals surface area contributed by atoms with E-state index in [0.29, 0.717) is 6.04 Å². The Bertz CT molecular complexity index is 431. The van der Waals surface area contributed by atoms with Gasteiger partial charge in [0.25, 0.3) is 0 Å². The van der Waals surface area contributed by atoms with Crippen LogP contribution in [0.2, 0.25) is 0 Å². The van der Waals surface area contributed by atoms with Gasteiger partial charge in [-0.1, -0.05) is 19.1 Å². The van der Waals surface area contributed by atoms with Crippen LogP contribution >= 0.6 is 0 Å². The Labute approximate surface area is 109 Å². The minimum absolute atomic E-state index is 0.275. The first-order valence-electron chi connectivity index (χ1n) is 7.05. The first kappa shape index (κ1) is 12.0. The molecule has 2 atom stereocenters. The molecule has 2 aliphatic heterocycles. The molecular weight excluding hydrogens is 224 g/mol. The zero-order valence-electron chi connectivity index (χ0n) is 11.1. The number of hydrogen-bond acceptors (Lipinski definition) is 3. The maximum atomic E-state index is 6.30. The van der Waals surface area contributed by atoms with Crippen molar-refractivity contribution in [2.75, 3.05) is 19.7 Å². The number of fused-ring (bicyclic) bond motifs is 1. The summed E-state index contributed by atoms with van der Waals surface area (Å²) in [5.41, 5.74) is 9.03. The van der Waals surface area contributed by atoms with E-state index >= 15 is 0 Å². The molecular formula is C15H22N2O. The highest BCUT2D eigenvalue weighted by atomic mass is 16.5. The van der Waals surface area contributed by atoms with Crippen molar-refractivity contribution in [3.05, 3.63) is 29.3 Å². The zero-order chi connectivity index (χ0) is 12.5. The largest absolute Gasteiger partial charge is 0.493 e. The molecule has 0 spiro atoms. The lowest BCUT2D eigenvalue weighted by Crippen LogP contribution is -2.32. The zero-order valence-corrected chi connectivity index (χ0v) is 11.1. The molecule has 2 heterocycles. The van der Waals surface area contributed by atoms with Crippen molar-refractivity contribution >= 4 is 0 Å². The van der Waals surface area contributed by atoms with E-state index in [9.17, 15) is 0 Å². The highest BCUT2D eigenvalue weighted by Gasteiger charge is 2.32. The van der Waals surface area contributed by atoms with Crippen molar-refractivity contribution in [1.82, 2.24) is 4.90 Å². The summed E-state index contributed by atoms with van der Waals surface area (Å²) in [7, 11) is 0. The van der Waals surface area contributed by atoms with Crippen molar-refractivity contribution < 1.29 is 4.74 Å². The Hall–Kier alpha value is -1.06. The van der Waals surface area contributed by atoms with Gasteiger partial charge in [-0.25, -0.2) is 0 Å². The first-order chi connectivity index (χ1) is 8.79. The third-order valence-electron chi connectivity index (χ3n) is 4.11. The van der Waals surface area contributed by atoms with Crippen LogP contribution in [0.25, 0.3) is 0 Å². The van der Waals surface area contributed by atoms with Crippen molar-refractivity contribution in [2.45, 2.75) is 38.3 Å². The average molecular weight is 246 g/mol. The number of benzene rings is 1. The first-order valence-corrected chi connectivity index (χ1v) is 7.05. The summed E-state index contributed by atoms with van der Waals surface area (Å²) in [5.74, 6) is 1.06. The molecule has 1 fully saturated rings. The normalized spacial score (nSPS) is 27.2. The van der Waals surface area contributed by atoms with Crippen molar-refractivity contribution in [2.24, 2.45) is 5.73 Å². The molecule has 0 aliphatic carbocycles. The van der Waals surface area contributed by atoms with Crippen molar-refractivity contribution in [3.8, 4) is 5.75 Å². The number of hydrogen-bond donors (Lipinski definition) is 1. The van der Waals surface area contributed by atoms with Gasteiger partial charge in [0.05, 0.1) is 6.61 Å². The lowest BCUT2D eigenvalue weighted by Gasteiger charge is -2.27. The molecule has 0 amide bonds. The molecule has 1 saturated heterocycles. The topological polar surface area (TPSA) is 38.5 Å². The standard InChI is InChI=1S/C15H22N2O/c1-2-7-17-8-5-13(16)15(17)12-3-4-14-11(10-12)6-9-18-14/h3-4,10,13,15H,2,5-9,16H2,1H3. The van der Waals surface area contributed by atoms with Gasteiger partial charge in [-0.15, -0.1) is 0 Å². The van der Waals surface area contributed by atoms with Gasteiger partial charge in [0.15, 0.2) is 0 Å². The van der Waals surface area contributed by atoms with E-state index in [0.717, 1.165) is 38.3 Å². The Morgan fingerprint density at radius 1 is 1.44 bits per heavy atom. The maximum absolute atomic E-state index is 6.30. The van der Waals surface area contributed by atoms with Crippen molar-refractivity contribution in [1.29, 1.82) is 0 Å². The molecule has 3 nitrogen and oxygen atoms in total. The molecule has 0 saturated carbocycles. The van der Waals surface area contributed by atoms with Crippen LogP contribution in [0.15, 0.2) is 18.2 Å². The fourth-order valence-electron chi connectivity index (χ4n) is 3.27. The SMILES string of the molecule is CCCN1CCC(N)C1c1ccc2c(c1)CCO2. The molecule has 0 bridgehead atoms.